The van der Waals surface area contributed by atoms with Crippen LogP contribution in [0, 0.1) is 5.82 Å². The molecule has 0 amide bonds. The smallest absolute Gasteiger partial charge is 0.259 e. The molecule has 5 nitrogen and oxygen atoms in total. The molecule has 6 heteroatoms. The van der Waals surface area contributed by atoms with Crippen molar-refractivity contribution >= 4 is 10.9 Å². The lowest BCUT2D eigenvalue weighted by Gasteiger charge is -2.05. The highest BCUT2D eigenvalue weighted by atomic mass is 19.1. The molecule has 0 fully saturated rings. The van der Waals surface area contributed by atoms with E-state index in [1.54, 1.807) is 30.5 Å². The molecule has 2 heterocycles. The van der Waals surface area contributed by atoms with E-state index >= 15 is 0 Å². The molecule has 0 saturated heterocycles. The molecule has 0 aliphatic rings. The van der Waals surface area contributed by atoms with Gasteiger partial charge >= 0.3 is 0 Å². The summed E-state index contributed by atoms with van der Waals surface area (Å²) in [4.78, 5) is 27.7. The molecule has 0 spiro atoms. The Bertz CT molecular complexity index is 1080. The lowest BCUT2D eigenvalue weighted by atomic mass is 10.0. The van der Waals surface area contributed by atoms with Crippen LogP contribution in [0.15, 0.2) is 65.8 Å². The Kier molecular flexibility index (Phi) is 3.35. The Labute approximate surface area is 135 Å². The molecular weight excluding hydrogens is 307 g/mol. The first-order valence-corrected chi connectivity index (χ1v) is 7.27. The number of aromatic nitrogens is 4. The third-order valence-electron chi connectivity index (χ3n) is 3.69. The lowest BCUT2D eigenvalue weighted by molar-refractivity contribution is 0.628. The quantitative estimate of drug-likeness (QED) is 0.616. The van der Waals surface area contributed by atoms with Crippen LogP contribution in [0.25, 0.3) is 33.5 Å². The van der Waals surface area contributed by atoms with Crippen molar-refractivity contribution < 1.29 is 4.39 Å². The maximum absolute atomic E-state index is 13.0. The number of hydrogen-bond donors (Lipinski definition) is 1. The fraction of sp³-hybridized carbons (Fsp3) is 0. The molecule has 0 saturated carbocycles. The van der Waals surface area contributed by atoms with E-state index in [9.17, 15) is 9.18 Å². The van der Waals surface area contributed by atoms with Crippen LogP contribution in [0.1, 0.15) is 0 Å². The number of halogens is 1. The molecule has 0 bridgehead atoms. The van der Waals surface area contributed by atoms with Gasteiger partial charge in [0.25, 0.3) is 5.56 Å². The van der Waals surface area contributed by atoms with E-state index in [1.165, 1.54) is 24.5 Å². The van der Waals surface area contributed by atoms with Crippen LogP contribution < -0.4 is 5.56 Å². The molecule has 2 aromatic carbocycles. The Morgan fingerprint density at radius 1 is 0.958 bits per heavy atom. The number of rotatable bonds is 2. The maximum Gasteiger partial charge on any atom is 0.259 e. The zero-order chi connectivity index (χ0) is 16.5. The van der Waals surface area contributed by atoms with Gasteiger partial charge in [0.15, 0.2) is 5.82 Å². The first-order chi connectivity index (χ1) is 11.7. The number of hydrogen-bond acceptors (Lipinski definition) is 4. The van der Waals surface area contributed by atoms with E-state index in [4.69, 9.17) is 0 Å². The summed E-state index contributed by atoms with van der Waals surface area (Å²) in [6.45, 7) is 0. The van der Waals surface area contributed by atoms with Crippen LogP contribution in [0.5, 0.6) is 0 Å². The summed E-state index contributed by atoms with van der Waals surface area (Å²) in [6.07, 6.45) is 4.63. The third kappa shape index (κ3) is 2.54. The van der Waals surface area contributed by atoms with Gasteiger partial charge in [-0.25, -0.2) is 14.4 Å². The van der Waals surface area contributed by atoms with Crippen molar-refractivity contribution in [1.82, 2.24) is 19.9 Å². The fourth-order valence-corrected chi connectivity index (χ4v) is 2.50. The third-order valence-corrected chi connectivity index (χ3v) is 3.69. The van der Waals surface area contributed by atoms with Crippen molar-refractivity contribution in [2.75, 3.05) is 0 Å². The van der Waals surface area contributed by atoms with Gasteiger partial charge in [-0.15, -0.1) is 0 Å². The van der Waals surface area contributed by atoms with Gasteiger partial charge in [-0.1, -0.05) is 18.2 Å². The predicted octanol–water partition coefficient (Wildman–Crippen LogP) is 3.19. The monoisotopic (exact) mass is 318 g/mol. The summed E-state index contributed by atoms with van der Waals surface area (Å²) in [5.41, 5.74) is 2.45. The van der Waals surface area contributed by atoms with Gasteiger partial charge in [0.05, 0.1) is 17.1 Å². The normalized spacial score (nSPS) is 10.9. The minimum Gasteiger partial charge on any atom is -0.305 e. The standard InChI is InChI=1S/C18H11FN4O/c19-13-4-1-11(2-5-13)12-3-6-15-14(9-12)18(24)23-17(22-15)16-10-20-7-8-21-16/h1-10H,(H,22,23,24). The number of nitrogens with zero attached hydrogens (tertiary/aromatic N) is 3. The SMILES string of the molecule is O=c1[nH]c(-c2cnccn2)nc2ccc(-c3ccc(F)cc3)cc12. The van der Waals surface area contributed by atoms with Gasteiger partial charge in [-0.3, -0.25) is 9.78 Å². The molecule has 1 N–H and O–H groups in total. The van der Waals surface area contributed by atoms with Crippen LogP contribution in [0.3, 0.4) is 0 Å². The number of H-pyrrole nitrogens is 1. The zero-order valence-electron chi connectivity index (χ0n) is 12.4. The highest BCUT2D eigenvalue weighted by molar-refractivity contribution is 5.84. The molecule has 0 atom stereocenters. The van der Waals surface area contributed by atoms with Gasteiger partial charge in [-0.2, -0.15) is 0 Å². The predicted molar refractivity (Wildman–Crippen MR) is 88.8 cm³/mol. The van der Waals surface area contributed by atoms with Gasteiger partial charge in [0.1, 0.15) is 11.5 Å². The Morgan fingerprint density at radius 3 is 2.50 bits per heavy atom. The maximum atomic E-state index is 13.0. The highest BCUT2D eigenvalue weighted by Gasteiger charge is 2.08. The largest absolute Gasteiger partial charge is 0.305 e. The van der Waals surface area contributed by atoms with Crippen molar-refractivity contribution in [2.24, 2.45) is 0 Å². The number of benzene rings is 2. The van der Waals surface area contributed by atoms with Crippen LogP contribution in [-0.4, -0.2) is 19.9 Å². The van der Waals surface area contributed by atoms with Gasteiger partial charge in [-0.05, 0) is 35.4 Å². The van der Waals surface area contributed by atoms with E-state index in [-0.39, 0.29) is 11.4 Å². The summed E-state index contributed by atoms with van der Waals surface area (Å²) < 4.78 is 13.0. The number of fused-ring (bicyclic) bond motifs is 1. The van der Waals surface area contributed by atoms with E-state index in [1.807, 2.05) is 6.07 Å². The van der Waals surface area contributed by atoms with E-state index in [0.29, 0.717) is 22.4 Å². The molecule has 0 unspecified atom stereocenters. The van der Waals surface area contributed by atoms with Gasteiger partial charge < -0.3 is 4.98 Å². The second-order valence-corrected chi connectivity index (χ2v) is 5.24. The van der Waals surface area contributed by atoms with Crippen LogP contribution in [0.4, 0.5) is 4.39 Å². The molecule has 116 valence electrons. The van der Waals surface area contributed by atoms with Crippen molar-refractivity contribution in [3.63, 3.8) is 0 Å². The molecule has 0 aliphatic heterocycles. The number of aromatic amines is 1. The van der Waals surface area contributed by atoms with Crippen molar-refractivity contribution in [3.8, 4) is 22.6 Å². The van der Waals surface area contributed by atoms with Crippen molar-refractivity contribution in [2.45, 2.75) is 0 Å². The average Bonchev–Trinajstić information content (AvgIpc) is 2.63. The van der Waals surface area contributed by atoms with Crippen LogP contribution >= 0.6 is 0 Å². The molecule has 2 aromatic heterocycles. The molecular formula is C18H11FN4O. The summed E-state index contributed by atoms with van der Waals surface area (Å²) in [6, 6.07) is 11.5. The van der Waals surface area contributed by atoms with E-state index in [0.717, 1.165) is 11.1 Å². The number of nitrogens with one attached hydrogen (secondary N) is 1. The summed E-state index contributed by atoms with van der Waals surface area (Å²) in [5.74, 6) is 0.0720. The molecule has 4 aromatic rings. The molecule has 4 rings (SSSR count). The second-order valence-electron chi connectivity index (χ2n) is 5.24. The Hall–Kier alpha value is -3.41. The minimum atomic E-state index is -0.298. The Morgan fingerprint density at radius 2 is 1.75 bits per heavy atom. The van der Waals surface area contributed by atoms with Gasteiger partial charge in [0, 0.05) is 12.4 Å². The molecule has 0 aliphatic carbocycles. The van der Waals surface area contributed by atoms with E-state index in [2.05, 4.69) is 19.9 Å². The van der Waals surface area contributed by atoms with Gasteiger partial charge in [0.2, 0.25) is 0 Å². The summed E-state index contributed by atoms with van der Waals surface area (Å²) in [7, 11) is 0. The average molecular weight is 318 g/mol. The first-order valence-electron chi connectivity index (χ1n) is 7.27. The first kappa shape index (κ1) is 14.2. The fourth-order valence-electron chi connectivity index (χ4n) is 2.50. The summed E-state index contributed by atoms with van der Waals surface area (Å²) in [5, 5.41) is 0.462. The second kappa shape index (κ2) is 5.66. The summed E-state index contributed by atoms with van der Waals surface area (Å²) >= 11 is 0. The highest BCUT2D eigenvalue weighted by Crippen LogP contribution is 2.23. The zero-order valence-corrected chi connectivity index (χ0v) is 12.4. The topological polar surface area (TPSA) is 71.5 Å². The van der Waals surface area contributed by atoms with Crippen molar-refractivity contribution in [1.29, 1.82) is 0 Å². The van der Waals surface area contributed by atoms with E-state index < -0.39 is 0 Å². The minimum absolute atomic E-state index is 0.260. The van der Waals surface area contributed by atoms with Crippen LogP contribution in [0.2, 0.25) is 0 Å². The van der Waals surface area contributed by atoms with Crippen molar-refractivity contribution in [3.05, 3.63) is 77.2 Å². The lowest BCUT2D eigenvalue weighted by Crippen LogP contribution is -2.10. The Balaban J connectivity index is 1.85. The molecule has 24 heavy (non-hydrogen) atoms. The molecule has 0 radical (unpaired) electrons. The van der Waals surface area contributed by atoms with Crippen LogP contribution in [-0.2, 0) is 0 Å².